The molecule has 1 unspecified atom stereocenters. The molecule has 1 saturated heterocycles. The molecule has 0 saturated carbocycles. The molecular weight excluding hydrogens is 511 g/mol. The van der Waals surface area contributed by atoms with Gasteiger partial charge < -0.3 is 5.11 Å². The molecule has 37 heavy (non-hydrogen) atoms. The maximum atomic E-state index is 13.3. The minimum absolute atomic E-state index is 0.0133. The molecule has 0 radical (unpaired) electrons. The fourth-order valence-corrected chi connectivity index (χ4v) is 5.93. The fourth-order valence-electron chi connectivity index (χ4n) is 4.11. The molecule has 4 aromatic rings. The van der Waals surface area contributed by atoms with Crippen LogP contribution in [-0.2, 0) is 15.3 Å². The number of anilines is 1. The zero-order valence-electron chi connectivity index (χ0n) is 19.9. The van der Waals surface area contributed by atoms with Crippen molar-refractivity contribution in [2.45, 2.75) is 30.0 Å². The van der Waals surface area contributed by atoms with E-state index < -0.39 is 17.7 Å². The van der Waals surface area contributed by atoms with E-state index in [0.29, 0.717) is 21.2 Å². The van der Waals surface area contributed by atoms with Crippen LogP contribution in [0, 0.1) is 19.7 Å². The van der Waals surface area contributed by atoms with Crippen molar-refractivity contribution in [3.63, 3.8) is 0 Å². The van der Waals surface area contributed by atoms with Gasteiger partial charge in [-0.3, -0.25) is 19.5 Å². The maximum absolute atomic E-state index is 13.3. The highest BCUT2D eigenvalue weighted by Gasteiger charge is 2.48. The number of aromatic nitrogens is 3. The lowest BCUT2D eigenvalue weighted by atomic mass is 9.94. The summed E-state index contributed by atoms with van der Waals surface area (Å²) in [6.45, 7) is 3.73. The highest BCUT2D eigenvalue weighted by Crippen LogP contribution is 2.44. The molecule has 1 aliphatic heterocycles. The van der Waals surface area contributed by atoms with E-state index in [2.05, 4.69) is 15.2 Å². The number of nitrogens with zero attached hydrogens (tertiary/aromatic N) is 4. The average Bonchev–Trinajstić information content (AvgIpc) is 3.47. The van der Waals surface area contributed by atoms with Gasteiger partial charge in [0.2, 0.25) is 5.13 Å². The van der Waals surface area contributed by atoms with Crippen molar-refractivity contribution < 1.29 is 19.1 Å². The highest BCUT2D eigenvalue weighted by atomic mass is 32.2. The lowest BCUT2D eigenvalue weighted by Gasteiger charge is -2.22. The molecule has 1 aliphatic rings. The highest BCUT2D eigenvalue weighted by molar-refractivity contribution is 8.00. The van der Waals surface area contributed by atoms with Gasteiger partial charge in [-0.2, -0.15) is 0 Å². The summed E-state index contributed by atoms with van der Waals surface area (Å²) in [7, 11) is 0. The lowest BCUT2D eigenvalue weighted by Crippen LogP contribution is -2.29. The molecule has 2 aromatic carbocycles. The van der Waals surface area contributed by atoms with Crippen LogP contribution in [0.2, 0.25) is 0 Å². The second-order valence-electron chi connectivity index (χ2n) is 8.53. The number of halogens is 1. The molecule has 5 rings (SSSR count). The van der Waals surface area contributed by atoms with E-state index in [1.165, 1.54) is 40.1 Å². The molecule has 7 nitrogen and oxygen atoms in total. The largest absolute Gasteiger partial charge is 0.507 e. The number of rotatable bonds is 6. The third kappa shape index (κ3) is 4.90. The van der Waals surface area contributed by atoms with Crippen molar-refractivity contribution in [1.29, 1.82) is 0 Å². The monoisotopic (exact) mass is 532 g/mol. The number of hydrogen-bond acceptors (Lipinski definition) is 8. The van der Waals surface area contributed by atoms with Gasteiger partial charge >= 0.3 is 5.91 Å². The van der Waals surface area contributed by atoms with Crippen molar-refractivity contribution in [2.75, 3.05) is 4.90 Å². The van der Waals surface area contributed by atoms with Crippen LogP contribution >= 0.6 is 23.1 Å². The van der Waals surface area contributed by atoms with Gasteiger partial charge in [-0.15, -0.1) is 10.2 Å². The molecule has 0 spiro atoms. The third-order valence-corrected chi connectivity index (χ3v) is 8.12. The van der Waals surface area contributed by atoms with E-state index >= 15 is 0 Å². The topological polar surface area (TPSA) is 96.3 Å². The van der Waals surface area contributed by atoms with Crippen LogP contribution in [0.15, 0.2) is 76.9 Å². The molecule has 1 atom stereocenters. The van der Waals surface area contributed by atoms with Gasteiger partial charge in [-0.05, 0) is 60.9 Å². The molecule has 1 amide bonds. The van der Waals surface area contributed by atoms with E-state index in [1.807, 2.05) is 26.0 Å². The summed E-state index contributed by atoms with van der Waals surface area (Å²) in [5, 5.41) is 20.0. The van der Waals surface area contributed by atoms with Gasteiger partial charge in [-0.25, -0.2) is 4.39 Å². The number of ketones is 1. The molecular formula is C27H21FN4O3S2. The fraction of sp³-hybridized carbons (Fsp3) is 0.148. The first kappa shape index (κ1) is 24.8. The summed E-state index contributed by atoms with van der Waals surface area (Å²) in [6.07, 6.45) is 3.13. The number of carbonyl (C=O) groups excluding carboxylic acids is 2. The zero-order chi connectivity index (χ0) is 26.1. The predicted molar refractivity (Wildman–Crippen MR) is 141 cm³/mol. The standard InChI is InChI=1S/C27H21FN4O3S2/c1-15-3-4-16(2)20(13-15)23(33)21-22(18-9-11-29-12-10-18)32(25(35)24(21)34)26-30-31-27(37-26)36-14-17-5-7-19(28)8-6-17/h3-13,22,33H,14H2,1-2H3. The molecule has 0 aliphatic carbocycles. The van der Waals surface area contributed by atoms with Crippen LogP contribution in [0.25, 0.3) is 5.76 Å². The summed E-state index contributed by atoms with van der Waals surface area (Å²) in [6, 6.07) is 14.2. The predicted octanol–water partition coefficient (Wildman–Crippen LogP) is 5.61. The number of aliphatic hydroxyl groups excluding tert-OH is 1. The Balaban J connectivity index is 1.54. The normalized spacial score (nSPS) is 16.9. The van der Waals surface area contributed by atoms with Crippen LogP contribution in [0.5, 0.6) is 0 Å². The number of Topliss-reactive ketones (excluding diaryl/α,β-unsaturated/α-hetero) is 1. The first-order valence-electron chi connectivity index (χ1n) is 11.3. The second kappa shape index (κ2) is 10.2. The average molecular weight is 533 g/mol. The van der Waals surface area contributed by atoms with Gasteiger partial charge in [0, 0.05) is 23.7 Å². The Morgan fingerprint density at radius 2 is 1.78 bits per heavy atom. The second-order valence-corrected chi connectivity index (χ2v) is 10.7. The SMILES string of the molecule is Cc1ccc(C)c(C(O)=C2C(=O)C(=O)N(c3nnc(SCc4ccc(F)cc4)s3)C2c2ccncc2)c1. The molecule has 1 fully saturated rings. The molecule has 2 aromatic heterocycles. The first-order chi connectivity index (χ1) is 17.8. The van der Waals surface area contributed by atoms with Gasteiger partial charge in [0.1, 0.15) is 11.6 Å². The zero-order valence-corrected chi connectivity index (χ0v) is 21.5. The number of carbonyl (C=O) groups is 2. The smallest absolute Gasteiger partial charge is 0.301 e. The summed E-state index contributed by atoms with van der Waals surface area (Å²) < 4.78 is 13.8. The minimum atomic E-state index is -0.897. The van der Waals surface area contributed by atoms with E-state index in [4.69, 9.17) is 0 Å². The van der Waals surface area contributed by atoms with Crippen LogP contribution in [0.3, 0.4) is 0 Å². The van der Waals surface area contributed by atoms with E-state index in [9.17, 15) is 19.1 Å². The summed E-state index contributed by atoms with van der Waals surface area (Å²) in [5.41, 5.74) is 3.68. The number of pyridine rings is 1. The van der Waals surface area contributed by atoms with Crippen LogP contribution in [-0.4, -0.2) is 32.0 Å². The van der Waals surface area contributed by atoms with Gasteiger partial charge in [-0.1, -0.05) is 52.9 Å². The number of aliphatic hydroxyl groups is 1. The van der Waals surface area contributed by atoms with Crippen molar-refractivity contribution in [3.8, 4) is 0 Å². The Morgan fingerprint density at radius 3 is 2.51 bits per heavy atom. The first-order valence-corrected chi connectivity index (χ1v) is 13.1. The Labute approximate surface area is 220 Å². The van der Waals surface area contributed by atoms with Crippen LogP contribution < -0.4 is 4.90 Å². The molecule has 3 heterocycles. The molecule has 10 heteroatoms. The van der Waals surface area contributed by atoms with E-state index in [0.717, 1.165) is 16.7 Å². The number of hydrogen-bond donors (Lipinski definition) is 1. The lowest BCUT2D eigenvalue weighted by molar-refractivity contribution is -0.132. The number of thioether (sulfide) groups is 1. The Bertz CT molecular complexity index is 1520. The quantitative estimate of drug-likeness (QED) is 0.113. The summed E-state index contributed by atoms with van der Waals surface area (Å²) in [4.78, 5) is 32.0. The van der Waals surface area contributed by atoms with E-state index in [1.54, 1.807) is 42.7 Å². The minimum Gasteiger partial charge on any atom is -0.507 e. The molecule has 0 bridgehead atoms. The number of amides is 1. The summed E-state index contributed by atoms with van der Waals surface area (Å²) >= 11 is 2.57. The van der Waals surface area contributed by atoms with Gasteiger partial charge in [0.05, 0.1) is 11.6 Å². The van der Waals surface area contributed by atoms with Gasteiger partial charge in [0.25, 0.3) is 5.78 Å². The van der Waals surface area contributed by atoms with Crippen molar-refractivity contribution in [3.05, 3.63) is 106 Å². The van der Waals surface area contributed by atoms with Crippen molar-refractivity contribution in [1.82, 2.24) is 15.2 Å². The van der Waals surface area contributed by atoms with Crippen LogP contribution in [0.4, 0.5) is 9.52 Å². The Kier molecular flexibility index (Phi) is 6.86. The Morgan fingerprint density at radius 1 is 1.05 bits per heavy atom. The van der Waals surface area contributed by atoms with Crippen LogP contribution in [0.1, 0.15) is 33.9 Å². The van der Waals surface area contributed by atoms with Crippen molar-refractivity contribution >= 4 is 45.7 Å². The van der Waals surface area contributed by atoms with Gasteiger partial charge in [0.15, 0.2) is 4.34 Å². The molecule has 186 valence electrons. The maximum Gasteiger partial charge on any atom is 0.301 e. The Hall–Kier alpha value is -3.89. The number of benzene rings is 2. The van der Waals surface area contributed by atoms with E-state index in [-0.39, 0.29) is 22.3 Å². The number of aryl methyl sites for hydroxylation is 2. The molecule has 1 N–H and O–H groups in total. The van der Waals surface area contributed by atoms with Crippen molar-refractivity contribution in [2.24, 2.45) is 0 Å². The summed E-state index contributed by atoms with van der Waals surface area (Å²) in [5.74, 6) is -1.59. The third-order valence-electron chi connectivity index (χ3n) is 5.99.